The zero-order valence-corrected chi connectivity index (χ0v) is 14.5. The fourth-order valence-electron chi connectivity index (χ4n) is 1.74. The van der Waals surface area contributed by atoms with Gasteiger partial charge in [-0.05, 0) is 18.9 Å². The summed E-state index contributed by atoms with van der Waals surface area (Å²) >= 11 is 17.8. The molecule has 0 spiro atoms. The predicted octanol–water partition coefficient (Wildman–Crippen LogP) is 3.21. The minimum Gasteiger partial charge on any atom is -0.349 e. The standard InChI is InChI=1S/C12H15Cl3N2O3S/c1-3-6(4-2)17-12(18)9-10(14)7(13)5-8(11(9)15)21(16,19)20/h5-6H,3-4H2,1-2H3,(H,17,18)(H2,16,19,20). The molecule has 0 fully saturated rings. The van der Waals surface area contributed by atoms with Crippen molar-refractivity contribution in [2.45, 2.75) is 37.6 Å². The van der Waals surface area contributed by atoms with Crippen LogP contribution in [0.2, 0.25) is 15.1 Å². The van der Waals surface area contributed by atoms with Gasteiger partial charge in [0.1, 0.15) is 4.90 Å². The van der Waals surface area contributed by atoms with Gasteiger partial charge < -0.3 is 5.32 Å². The van der Waals surface area contributed by atoms with Crippen molar-refractivity contribution in [2.75, 3.05) is 0 Å². The third kappa shape index (κ3) is 4.23. The first-order valence-electron chi connectivity index (χ1n) is 6.14. The minimum atomic E-state index is -4.12. The summed E-state index contributed by atoms with van der Waals surface area (Å²) < 4.78 is 23.0. The number of carbonyl (C=O) groups is 1. The molecule has 0 unspecified atom stereocenters. The van der Waals surface area contributed by atoms with Crippen LogP contribution in [0.4, 0.5) is 0 Å². The summed E-state index contributed by atoms with van der Waals surface area (Å²) in [4.78, 5) is 11.8. The van der Waals surface area contributed by atoms with Crippen LogP contribution in [0.5, 0.6) is 0 Å². The Morgan fingerprint density at radius 3 is 2.19 bits per heavy atom. The number of hydrogen-bond acceptors (Lipinski definition) is 3. The maximum Gasteiger partial charge on any atom is 0.254 e. The summed E-state index contributed by atoms with van der Waals surface area (Å²) in [5.74, 6) is -0.592. The van der Waals surface area contributed by atoms with Crippen LogP contribution in [0.15, 0.2) is 11.0 Å². The normalized spacial score (nSPS) is 11.8. The molecule has 1 aromatic carbocycles. The lowest BCUT2D eigenvalue weighted by Crippen LogP contribution is -2.34. The molecule has 0 saturated carbocycles. The van der Waals surface area contributed by atoms with E-state index in [4.69, 9.17) is 39.9 Å². The molecule has 9 heteroatoms. The molecule has 0 aliphatic rings. The van der Waals surface area contributed by atoms with E-state index in [0.29, 0.717) is 12.8 Å². The number of halogens is 3. The number of nitrogens with two attached hydrogens (primary N) is 1. The highest BCUT2D eigenvalue weighted by Gasteiger charge is 2.26. The second-order valence-corrected chi connectivity index (χ2v) is 7.08. The highest BCUT2D eigenvalue weighted by Crippen LogP contribution is 2.36. The van der Waals surface area contributed by atoms with Gasteiger partial charge in [0.05, 0.1) is 20.6 Å². The molecule has 1 amide bonds. The number of benzene rings is 1. The van der Waals surface area contributed by atoms with Gasteiger partial charge in [0.2, 0.25) is 10.0 Å². The van der Waals surface area contributed by atoms with E-state index in [2.05, 4.69) is 5.32 Å². The summed E-state index contributed by atoms with van der Waals surface area (Å²) in [7, 11) is -4.12. The van der Waals surface area contributed by atoms with Crippen molar-refractivity contribution in [3.8, 4) is 0 Å². The zero-order valence-electron chi connectivity index (χ0n) is 11.4. The molecule has 21 heavy (non-hydrogen) atoms. The molecule has 0 radical (unpaired) electrons. The number of sulfonamides is 1. The van der Waals surface area contributed by atoms with Crippen molar-refractivity contribution >= 4 is 50.7 Å². The van der Waals surface area contributed by atoms with E-state index >= 15 is 0 Å². The number of primary sulfonamides is 1. The lowest BCUT2D eigenvalue weighted by molar-refractivity contribution is 0.0935. The second kappa shape index (κ2) is 7.15. The molecule has 1 rings (SSSR count). The summed E-state index contributed by atoms with van der Waals surface area (Å²) in [6.45, 7) is 3.82. The molecule has 0 bridgehead atoms. The lowest BCUT2D eigenvalue weighted by Gasteiger charge is -2.17. The third-order valence-electron chi connectivity index (χ3n) is 2.98. The van der Waals surface area contributed by atoms with E-state index in [1.807, 2.05) is 13.8 Å². The van der Waals surface area contributed by atoms with Crippen LogP contribution >= 0.6 is 34.8 Å². The fourth-order valence-corrected chi connectivity index (χ4v) is 3.48. The van der Waals surface area contributed by atoms with E-state index in [1.54, 1.807) is 0 Å². The van der Waals surface area contributed by atoms with Crippen molar-refractivity contribution in [3.05, 3.63) is 26.7 Å². The van der Waals surface area contributed by atoms with E-state index in [0.717, 1.165) is 6.07 Å². The Kier molecular flexibility index (Phi) is 6.31. The van der Waals surface area contributed by atoms with E-state index in [1.165, 1.54) is 0 Å². The Balaban J connectivity index is 3.42. The molecule has 118 valence electrons. The van der Waals surface area contributed by atoms with Gasteiger partial charge in [0, 0.05) is 6.04 Å². The second-order valence-electron chi connectivity index (χ2n) is 4.39. The van der Waals surface area contributed by atoms with Crippen molar-refractivity contribution in [2.24, 2.45) is 5.14 Å². The van der Waals surface area contributed by atoms with Crippen molar-refractivity contribution in [1.82, 2.24) is 5.32 Å². The Labute approximate surface area is 138 Å². The molecule has 0 heterocycles. The van der Waals surface area contributed by atoms with Gasteiger partial charge in [-0.3, -0.25) is 4.79 Å². The summed E-state index contributed by atoms with van der Waals surface area (Å²) in [6.07, 6.45) is 1.42. The van der Waals surface area contributed by atoms with Gasteiger partial charge >= 0.3 is 0 Å². The molecular formula is C12H15Cl3N2O3S. The number of rotatable bonds is 5. The van der Waals surface area contributed by atoms with Crippen molar-refractivity contribution in [1.29, 1.82) is 0 Å². The van der Waals surface area contributed by atoms with Gasteiger partial charge in [0.15, 0.2) is 0 Å². The van der Waals surface area contributed by atoms with Crippen LogP contribution in [-0.4, -0.2) is 20.4 Å². The van der Waals surface area contributed by atoms with Gasteiger partial charge in [0.25, 0.3) is 5.91 Å². The molecule has 0 aliphatic heterocycles. The topological polar surface area (TPSA) is 89.3 Å². The predicted molar refractivity (Wildman–Crippen MR) is 84.7 cm³/mol. The molecule has 0 aliphatic carbocycles. The summed E-state index contributed by atoms with van der Waals surface area (Å²) in [5.41, 5.74) is -0.193. The average molecular weight is 374 g/mol. The Morgan fingerprint density at radius 2 is 1.76 bits per heavy atom. The average Bonchev–Trinajstić information content (AvgIpc) is 2.39. The van der Waals surface area contributed by atoms with Crippen LogP contribution in [0.25, 0.3) is 0 Å². The van der Waals surface area contributed by atoms with Gasteiger partial charge in [-0.25, -0.2) is 13.6 Å². The van der Waals surface area contributed by atoms with Gasteiger partial charge in [-0.1, -0.05) is 48.7 Å². The number of nitrogens with one attached hydrogen (secondary N) is 1. The van der Waals surface area contributed by atoms with Gasteiger partial charge in [-0.2, -0.15) is 0 Å². The first-order valence-corrected chi connectivity index (χ1v) is 8.82. The molecule has 0 saturated heterocycles. The van der Waals surface area contributed by atoms with Crippen LogP contribution in [0, 0.1) is 0 Å². The third-order valence-corrected chi connectivity index (χ3v) is 5.20. The Bertz CT molecular complexity index is 658. The van der Waals surface area contributed by atoms with Crippen LogP contribution in [0.1, 0.15) is 37.0 Å². The fraction of sp³-hybridized carbons (Fsp3) is 0.417. The molecule has 5 nitrogen and oxygen atoms in total. The van der Waals surface area contributed by atoms with Crippen LogP contribution in [0.3, 0.4) is 0 Å². The van der Waals surface area contributed by atoms with Crippen LogP contribution < -0.4 is 10.5 Å². The first-order chi connectivity index (χ1) is 9.63. The summed E-state index contributed by atoms with van der Waals surface area (Å²) in [5, 5.41) is 7.21. The van der Waals surface area contributed by atoms with Crippen molar-refractivity contribution < 1.29 is 13.2 Å². The Morgan fingerprint density at radius 1 is 1.24 bits per heavy atom. The van der Waals surface area contributed by atoms with E-state index in [9.17, 15) is 13.2 Å². The van der Waals surface area contributed by atoms with E-state index in [-0.39, 0.29) is 26.7 Å². The number of hydrogen-bond donors (Lipinski definition) is 2. The quantitative estimate of drug-likeness (QED) is 0.777. The van der Waals surface area contributed by atoms with E-state index < -0.39 is 20.8 Å². The van der Waals surface area contributed by atoms with Gasteiger partial charge in [-0.15, -0.1) is 0 Å². The zero-order chi connectivity index (χ0) is 16.4. The largest absolute Gasteiger partial charge is 0.349 e. The first kappa shape index (κ1) is 18.5. The van der Waals surface area contributed by atoms with Crippen molar-refractivity contribution in [3.63, 3.8) is 0 Å². The highest BCUT2D eigenvalue weighted by molar-refractivity contribution is 7.89. The Hall–Kier alpha value is -0.530. The maximum absolute atomic E-state index is 12.3. The SMILES string of the molecule is CCC(CC)NC(=O)c1c(Cl)c(Cl)cc(S(N)(=O)=O)c1Cl. The molecular weight excluding hydrogens is 359 g/mol. The monoisotopic (exact) mass is 372 g/mol. The highest BCUT2D eigenvalue weighted by atomic mass is 35.5. The smallest absolute Gasteiger partial charge is 0.254 e. The van der Waals surface area contributed by atoms with Crippen LogP contribution in [-0.2, 0) is 10.0 Å². The summed E-state index contributed by atoms with van der Waals surface area (Å²) in [6, 6.07) is 0.941. The lowest BCUT2D eigenvalue weighted by atomic mass is 10.1. The number of carbonyl (C=O) groups excluding carboxylic acids is 1. The molecule has 1 aromatic rings. The number of amides is 1. The molecule has 3 N–H and O–H groups in total. The molecule has 0 atom stereocenters. The minimum absolute atomic E-state index is 0.0819. The molecule has 0 aromatic heterocycles. The maximum atomic E-state index is 12.3.